The van der Waals surface area contributed by atoms with Gasteiger partial charge >= 0.3 is 0 Å². The van der Waals surface area contributed by atoms with Crippen LogP contribution < -0.4 is 37.2 Å². The van der Waals surface area contributed by atoms with Crippen LogP contribution >= 0.6 is 0 Å². The average Bonchev–Trinajstić information content (AvgIpc) is 3.23. The predicted octanol–water partition coefficient (Wildman–Crippen LogP) is 0.00800. The number of aliphatic hydroxyl groups excluding tert-OH is 1. The van der Waals surface area contributed by atoms with Gasteiger partial charge in [0.05, 0.1) is 19.2 Å². The Bertz CT molecular complexity index is 2050. The molecule has 1 unspecified atom stereocenters. The molecule has 59 heavy (non-hydrogen) atoms. The lowest BCUT2D eigenvalue weighted by Crippen LogP contribution is -2.60. The third-order valence-electron chi connectivity index (χ3n) is 9.61. The van der Waals surface area contributed by atoms with Crippen LogP contribution in [0.1, 0.15) is 29.2 Å². The molecule has 0 bridgehead atoms. The first kappa shape index (κ1) is 43.3. The molecule has 1 aliphatic heterocycles. The fourth-order valence-corrected chi connectivity index (χ4v) is 6.50. The zero-order chi connectivity index (χ0) is 42.1. The SMILES string of the molecule is C[C@@H](O)[C@@H]1NC(=O)CNC(=O)[C@H](Cc2ccccc2)NC(=O)[C@H](Cc2ccccc2)NC(=O)CNC(=O)C(Cc2ccccc2)NC(=O)[C@H](Cc2ccccc2)NC1=O. The predicted molar refractivity (Wildman–Crippen MR) is 218 cm³/mol. The third kappa shape index (κ3) is 13.6. The molecular formula is C44H49N7O8. The van der Waals surface area contributed by atoms with Gasteiger partial charge in [-0.25, -0.2) is 0 Å². The van der Waals surface area contributed by atoms with Gasteiger partial charge in [-0.05, 0) is 29.2 Å². The maximum absolute atomic E-state index is 14.1. The number of carbonyl (C=O) groups is 7. The number of hydrogen-bond acceptors (Lipinski definition) is 8. The molecule has 8 N–H and O–H groups in total. The van der Waals surface area contributed by atoms with Gasteiger partial charge in [0.2, 0.25) is 41.4 Å². The normalized spacial score (nSPS) is 22.1. The Kier molecular flexibility index (Phi) is 15.8. The summed E-state index contributed by atoms with van der Waals surface area (Å²) in [5.41, 5.74) is 2.75. The highest BCUT2D eigenvalue weighted by atomic mass is 16.3. The summed E-state index contributed by atoms with van der Waals surface area (Å²) in [5, 5.41) is 28.9. The number of benzene rings is 4. The van der Waals surface area contributed by atoms with E-state index in [1.807, 2.05) is 0 Å². The summed E-state index contributed by atoms with van der Waals surface area (Å²) >= 11 is 0. The summed E-state index contributed by atoms with van der Waals surface area (Å²) in [4.78, 5) is 96.0. The number of carbonyl (C=O) groups excluding carboxylic acids is 7. The molecule has 308 valence electrons. The van der Waals surface area contributed by atoms with E-state index in [0.717, 1.165) is 0 Å². The Morgan fingerprint density at radius 2 is 0.712 bits per heavy atom. The van der Waals surface area contributed by atoms with E-state index in [1.54, 1.807) is 121 Å². The molecule has 6 atom stereocenters. The second kappa shape index (κ2) is 21.6. The van der Waals surface area contributed by atoms with Gasteiger partial charge in [-0.15, -0.1) is 0 Å². The number of nitrogens with one attached hydrogen (secondary N) is 7. The van der Waals surface area contributed by atoms with E-state index >= 15 is 0 Å². The smallest absolute Gasteiger partial charge is 0.245 e. The summed E-state index contributed by atoms with van der Waals surface area (Å²) in [6.45, 7) is 0.0771. The minimum Gasteiger partial charge on any atom is -0.391 e. The highest BCUT2D eigenvalue weighted by Gasteiger charge is 2.33. The van der Waals surface area contributed by atoms with E-state index < -0.39 is 90.8 Å². The molecule has 1 fully saturated rings. The Morgan fingerprint density at radius 1 is 0.424 bits per heavy atom. The molecule has 4 aromatic rings. The van der Waals surface area contributed by atoms with Gasteiger partial charge in [0, 0.05) is 25.7 Å². The van der Waals surface area contributed by atoms with Crippen LogP contribution in [0.4, 0.5) is 0 Å². The number of rotatable bonds is 9. The van der Waals surface area contributed by atoms with Crippen LogP contribution in [0.25, 0.3) is 0 Å². The van der Waals surface area contributed by atoms with Gasteiger partial charge in [0.1, 0.15) is 30.2 Å². The van der Waals surface area contributed by atoms with Gasteiger partial charge in [0.25, 0.3) is 0 Å². The second-order valence-corrected chi connectivity index (χ2v) is 14.3. The summed E-state index contributed by atoms with van der Waals surface area (Å²) in [6, 6.07) is 28.9. The van der Waals surface area contributed by atoms with E-state index in [0.29, 0.717) is 22.3 Å². The summed E-state index contributed by atoms with van der Waals surface area (Å²) in [5.74, 6) is -5.36. The van der Waals surface area contributed by atoms with E-state index in [4.69, 9.17) is 0 Å². The summed E-state index contributed by atoms with van der Waals surface area (Å²) in [7, 11) is 0. The van der Waals surface area contributed by atoms with Crippen LogP contribution in [0.2, 0.25) is 0 Å². The number of hydrogen-bond donors (Lipinski definition) is 8. The highest BCUT2D eigenvalue weighted by molar-refractivity contribution is 5.97. The molecular weight excluding hydrogens is 755 g/mol. The van der Waals surface area contributed by atoms with Crippen molar-refractivity contribution in [1.82, 2.24) is 37.2 Å². The third-order valence-corrected chi connectivity index (χ3v) is 9.61. The molecule has 1 aliphatic rings. The fraction of sp³-hybridized carbons (Fsp3) is 0.295. The minimum absolute atomic E-state index is 0.0151. The van der Waals surface area contributed by atoms with E-state index in [9.17, 15) is 38.7 Å². The van der Waals surface area contributed by atoms with Crippen molar-refractivity contribution in [2.45, 2.75) is 68.9 Å². The minimum atomic E-state index is -1.56. The molecule has 0 radical (unpaired) electrons. The lowest BCUT2D eigenvalue weighted by Gasteiger charge is -2.26. The van der Waals surface area contributed by atoms with Gasteiger partial charge in [-0.1, -0.05) is 121 Å². The first-order chi connectivity index (χ1) is 28.4. The van der Waals surface area contributed by atoms with Crippen molar-refractivity contribution in [3.05, 3.63) is 144 Å². The highest BCUT2D eigenvalue weighted by Crippen LogP contribution is 2.10. The van der Waals surface area contributed by atoms with Crippen molar-refractivity contribution in [1.29, 1.82) is 0 Å². The summed E-state index contributed by atoms with van der Waals surface area (Å²) < 4.78 is 0. The van der Waals surface area contributed by atoms with Crippen LogP contribution in [-0.4, -0.2) is 95.9 Å². The fourth-order valence-electron chi connectivity index (χ4n) is 6.50. The van der Waals surface area contributed by atoms with E-state index in [-0.39, 0.29) is 25.7 Å². The maximum Gasteiger partial charge on any atom is 0.245 e. The van der Waals surface area contributed by atoms with Crippen molar-refractivity contribution < 1.29 is 38.7 Å². The van der Waals surface area contributed by atoms with Gasteiger partial charge in [0.15, 0.2) is 0 Å². The Labute approximate surface area is 342 Å². The van der Waals surface area contributed by atoms with Gasteiger partial charge in [-0.2, -0.15) is 0 Å². The monoisotopic (exact) mass is 803 g/mol. The molecule has 1 saturated heterocycles. The zero-order valence-electron chi connectivity index (χ0n) is 32.6. The van der Waals surface area contributed by atoms with Crippen molar-refractivity contribution in [2.75, 3.05) is 13.1 Å². The molecule has 15 nitrogen and oxygen atoms in total. The Balaban J connectivity index is 1.48. The van der Waals surface area contributed by atoms with Crippen molar-refractivity contribution in [3.8, 4) is 0 Å². The molecule has 15 heteroatoms. The first-order valence-electron chi connectivity index (χ1n) is 19.3. The molecule has 5 rings (SSSR count). The lowest BCUT2D eigenvalue weighted by molar-refractivity contribution is -0.135. The lowest BCUT2D eigenvalue weighted by atomic mass is 10.0. The second-order valence-electron chi connectivity index (χ2n) is 14.3. The van der Waals surface area contributed by atoms with E-state index in [2.05, 4.69) is 37.2 Å². The first-order valence-corrected chi connectivity index (χ1v) is 19.3. The topological polar surface area (TPSA) is 224 Å². The standard InChI is InChI=1S/C44H49N7O8/c1-28(52)39-44(59)50-36(25-32-20-12-5-13-21-32)43(58)49-34(23-30-16-8-3-9-17-30)40(55)45-26-37(53)47-35(24-31-18-10-4-11-19-31)42(57)48-33(22-29-14-6-2-7-15-29)41(56)46-27-38(54)51-39/h2-21,28,33-36,39,52H,22-27H2,1H3,(H,45,55)(H,46,56)(H,47,53)(H,48,57)(H,49,58)(H,50,59)(H,51,54)/t28-,33+,34?,35+,36+,39+/m1/s1. The van der Waals surface area contributed by atoms with Crippen LogP contribution in [0.5, 0.6) is 0 Å². The van der Waals surface area contributed by atoms with Crippen molar-refractivity contribution >= 4 is 41.4 Å². The average molecular weight is 804 g/mol. The van der Waals surface area contributed by atoms with Crippen molar-refractivity contribution in [3.63, 3.8) is 0 Å². The van der Waals surface area contributed by atoms with Gasteiger partial charge < -0.3 is 42.3 Å². The zero-order valence-corrected chi connectivity index (χ0v) is 32.6. The molecule has 0 aromatic heterocycles. The maximum atomic E-state index is 14.1. The van der Waals surface area contributed by atoms with Crippen LogP contribution in [0.15, 0.2) is 121 Å². The van der Waals surface area contributed by atoms with Gasteiger partial charge in [-0.3, -0.25) is 33.6 Å². The van der Waals surface area contributed by atoms with Crippen LogP contribution in [-0.2, 0) is 59.2 Å². The molecule has 1 heterocycles. The quantitative estimate of drug-likeness (QED) is 0.115. The molecule has 7 amide bonds. The number of amides is 7. The largest absolute Gasteiger partial charge is 0.391 e. The van der Waals surface area contributed by atoms with Crippen LogP contribution in [0, 0.1) is 0 Å². The molecule has 0 aliphatic carbocycles. The van der Waals surface area contributed by atoms with Crippen molar-refractivity contribution in [2.24, 2.45) is 0 Å². The Morgan fingerprint density at radius 3 is 1.05 bits per heavy atom. The van der Waals surface area contributed by atoms with E-state index in [1.165, 1.54) is 6.92 Å². The molecule has 4 aromatic carbocycles. The summed E-state index contributed by atoms with van der Waals surface area (Å²) in [6.07, 6.45) is -1.39. The molecule has 0 spiro atoms. The Hall–Kier alpha value is -6.87. The molecule has 0 saturated carbocycles. The number of aliphatic hydroxyl groups is 1. The van der Waals surface area contributed by atoms with Crippen LogP contribution in [0.3, 0.4) is 0 Å².